The topological polar surface area (TPSA) is 28.7 Å². The van der Waals surface area contributed by atoms with Gasteiger partial charge < -0.3 is 4.98 Å². The number of aromatic nitrogens is 2. The Labute approximate surface area is 82.7 Å². The van der Waals surface area contributed by atoms with Crippen LogP contribution in [0, 0.1) is 6.92 Å². The molecule has 0 unspecified atom stereocenters. The number of aryl methyl sites for hydroxylation is 2. The highest BCUT2D eigenvalue weighted by Crippen LogP contribution is 2.27. The predicted octanol–water partition coefficient (Wildman–Crippen LogP) is 2.83. The van der Waals surface area contributed by atoms with Crippen LogP contribution in [-0.2, 0) is 6.42 Å². The molecule has 0 radical (unpaired) electrons. The molecule has 2 heteroatoms. The first kappa shape index (κ1) is 7.80. The van der Waals surface area contributed by atoms with Gasteiger partial charge in [-0.2, -0.15) is 0 Å². The van der Waals surface area contributed by atoms with E-state index in [2.05, 4.69) is 28.2 Å². The lowest BCUT2D eigenvalue weighted by Gasteiger charge is -2.04. The molecular weight excluding hydrogens is 172 g/mol. The van der Waals surface area contributed by atoms with Crippen LogP contribution < -0.4 is 0 Å². The smallest absolute Gasteiger partial charge is 0.0648 e. The molecule has 0 aliphatic heterocycles. The molecule has 1 aliphatic carbocycles. The van der Waals surface area contributed by atoms with Crippen LogP contribution in [0.15, 0.2) is 18.3 Å². The number of allylic oxidation sites excluding steroid dienone is 1. The fourth-order valence-electron chi connectivity index (χ4n) is 2.12. The van der Waals surface area contributed by atoms with Crippen LogP contribution in [-0.4, -0.2) is 9.97 Å². The van der Waals surface area contributed by atoms with Gasteiger partial charge in [-0.15, -0.1) is 0 Å². The van der Waals surface area contributed by atoms with Crippen LogP contribution in [0.1, 0.15) is 23.4 Å². The van der Waals surface area contributed by atoms with Gasteiger partial charge in [0.05, 0.1) is 11.7 Å². The van der Waals surface area contributed by atoms with E-state index in [0.29, 0.717) is 0 Å². The molecule has 2 nitrogen and oxygen atoms in total. The first-order valence-corrected chi connectivity index (χ1v) is 4.98. The fraction of sp³-hybridized carbons (Fsp3) is 0.250. The summed E-state index contributed by atoms with van der Waals surface area (Å²) in [5.74, 6) is 0. The van der Waals surface area contributed by atoms with Gasteiger partial charge in [0, 0.05) is 16.8 Å². The van der Waals surface area contributed by atoms with Crippen LogP contribution in [0.5, 0.6) is 0 Å². The molecule has 0 saturated heterocycles. The van der Waals surface area contributed by atoms with E-state index in [1.54, 1.807) is 0 Å². The van der Waals surface area contributed by atoms with Crippen molar-refractivity contribution in [2.24, 2.45) is 0 Å². The largest absolute Gasteiger partial charge is 0.354 e. The van der Waals surface area contributed by atoms with Crippen LogP contribution in [0.2, 0.25) is 0 Å². The Balaban J connectivity index is 2.39. The van der Waals surface area contributed by atoms with E-state index in [9.17, 15) is 0 Å². The van der Waals surface area contributed by atoms with E-state index >= 15 is 0 Å². The van der Waals surface area contributed by atoms with Crippen LogP contribution in [0.25, 0.3) is 17.0 Å². The first-order chi connectivity index (χ1) is 6.84. The Bertz CT molecular complexity index is 520. The summed E-state index contributed by atoms with van der Waals surface area (Å²) in [7, 11) is 0. The van der Waals surface area contributed by atoms with Crippen molar-refractivity contribution in [1.82, 2.24) is 9.97 Å². The van der Waals surface area contributed by atoms with Crippen molar-refractivity contribution in [3.63, 3.8) is 0 Å². The molecule has 1 N–H and O–H groups in total. The molecule has 0 saturated carbocycles. The van der Waals surface area contributed by atoms with Gasteiger partial charge in [-0.1, -0.05) is 6.08 Å². The van der Waals surface area contributed by atoms with E-state index in [4.69, 9.17) is 0 Å². The maximum Gasteiger partial charge on any atom is 0.0648 e. The van der Waals surface area contributed by atoms with E-state index in [-0.39, 0.29) is 0 Å². The number of fused-ring (bicyclic) bond motifs is 3. The lowest BCUT2D eigenvalue weighted by atomic mass is 10.0. The Hall–Kier alpha value is -1.57. The lowest BCUT2D eigenvalue weighted by Crippen LogP contribution is -1.90. The number of nitrogens with one attached hydrogen (secondary N) is 1. The van der Waals surface area contributed by atoms with Crippen LogP contribution in [0.3, 0.4) is 0 Å². The molecule has 1 aliphatic rings. The minimum atomic E-state index is 1.09. The van der Waals surface area contributed by atoms with Gasteiger partial charge >= 0.3 is 0 Å². The van der Waals surface area contributed by atoms with E-state index < -0.39 is 0 Å². The van der Waals surface area contributed by atoms with Crippen molar-refractivity contribution in [1.29, 1.82) is 0 Å². The second-order valence-corrected chi connectivity index (χ2v) is 3.83. The molecule has 0 bridgehead atoms. The number of aromatic amines is 1. The van der Waals surface area contributed by atoms with Crippen molar-refractivity contribution in [2.45, 2.75) is 19.8 Å². The van der Waals surface area contributed by atoms with Crippen molar-refractivity contribution in [2.75, 3.05) is 0 Å². The average molecular weight is 184 g/mol. The highest BCUT2D eigenvalue weighted by atomic mass is 14.8. The summed E-state index contributed by atoms with van der Waals surface area (Å²) >= 11 is 0. The van der Waals surface area contributed by atoms with E-state index in [1.165, 1.54) is 16.6 Å². The molecule has 0 fully saturated rings. The Morgan fingerprint density at radius 3 is 3.29 bits per heavy atom. The van der Waals surface area contributed by atoms with Gasteiger partial charge in [-0.05, 0) is 37.5 Å². The fourth-order valence-corrected chi connectivity index (χ4v) is 2.12. The van der Waals surface area contributed by atoms with Gasteiger partial charge in [0.2, 0.25) is 0 Å². The average Bonchev–Trinajstić information content (AvgIpc) is 2.56. The summed E-state index contributed by atoms with van der Waals surface area (Å²) in [5.41, 5.74) is 4.97. The van der Waals surface area contributed by atoms with Gasteiger partial charge in [-0.25, -0.2) is 0 Å². The third-order valence-electron chi connectivity index (χ3n) is 2.81. The number of nitrogens with zero attached hydrogens (tertiary/aromatic N) is 1. The predicted molar refractivity (Wildman–Crippen MR) is 58.2 cm³/mol. The van der Waals surface area contributed by atoms with E-state index in [0.717, 1.165) is 24.1 Å². The SMILES string of the molecule is Cc1cc2c3c([nH]c2cn1)C=CCC3. The number of hydrogen-bond acceptors (Lipinski definition) is 1. The standard InChI is InChI=1S/C12H12N2/c1-8-6-10-9-4-2-3-5-11(9)14-12(10)7-13-8/h3,5-7,14H,2,4H2,1H3. The monoisotopic (exact) mass is 184 g/mol. The molecular formula is C12H12N2. The second kappa shape index (κ2) is 2.71. The summed E-state index contributed by atoms with van der Waals surface area (Å²) in [5, 5.41) is 1.34. The first-order valence-electron chi connectivity index (χ1n) is 4.98. The highest BCUT2D eigenvalue weighted by molar-refractivity contribution is 5.87. The molecule has 2 aromatic rings. The molecule has 14 heavy (non-hydrogen) atoms. The zero-order chi connectivity index (χ0) is 9.54. The van der Waals surface area contributed by atoms with Gasteiger partial charge in [0.15, 0.2) is 0 Å². The summed E-state index contributed by atoms with van der Waals surface area (Å²) in [6.45, 7) is 2.04. The van der Waals surface area contributed by atoms with Crippen molar-refractivity contribution in [3.8, 4) is 0 Å². The molecule has 2 aromatic heterocycles. The minimum absolute atomic E-state index is 1.09. The summed E-state index contributed by atoms with van der Waals surface area (Å²) in [4.78, 5) is 7.69. The molecule has 70 valence electrons. The van der Waals surface area contributed by atoms with Crippen molar-refractivity contribution >= 4 is 17.0 Å². The lowest BCUT2D eigenvalue weighted by molar-refractivity contribution is 0.992. The molecule has 0 spiro atoms. The van der Waals surface area contributed by atoms with Crippen LogP contribution >= 0.6 is 0 Å². The van der Waals surface area contributed by atoms with Gasteiger partial charge in [-0.3, -0.25) is 4.98 Å². The highest BCUT2D eigenvalue weighted by Gasteiger charge is 2.11. The molecule has 2 heterocycles. The quantitative estimate of drug-likeness (QED) is 0.670. The van der Waals surface area contributed by atoms with Crippen molar-refractivity contribution in [3.05, 3.63) is 35.3 Å². The normalized spacial score (nSPS) is 14.6. The third kappa shape index (κ3) is 1.00. The maximum atomic E-state index is 4.30. The molecule has 0 aromatic carbocycles. The number of rotatable bonds is 0. The van der Waals surface area contributed by atoms with E-state index in [1.807, 2.05) is 13.1 Å². The number of H-pyrrole nitrogens is 1. The third-order valence-corrected chi connectivity index (χ3v) is 2.81. The number of pyridine rings is 1. The van der Waals surface area contributed by atoms with Gasteiger partial charge in [0.1, 0.15) is 0 Å². The summed E-state index contributed by atoms with van der Waals surface area (Å²) in [6.07, 6.45) is 8.62. The zero-order valence-corrected chi connectivity index (χ0v) is 8.17. The maximum absolute atomic E-state index is 4.30. The van der Waals surface area contributed by atoms with Crippen LogP contribution in [0.4, 0.5) is 0 Å². The Kier molecular flexibility index (Phi) is 1.51. The summed E-state index contributed by atoms with van der Waals surface area (Å²) < 4.78 is 0. The van der Waals surface area contributed by atoms with Crippen molar-refractivity contribution < 1.29 is 0 Å². The second-order valence-electron chi connectivity index (χ2n) is 3.83. The Morgan fingerprint density at radius 1 is 1.43 bits per heavy atom. The molecule has 0 amide bonds. The molecule has 0 atom stereocenters. The molecule has 3 rings (SSSR count). The zero-order valence-electron chi connectivity index (χ0n) is 8.17. The van der Waals surface area contributed by atoms with Gasteiger partial charge in [0.25, 0.3) is 0 Å². The summed E-state index contributed by atoms with van der Waals surface area (Å²) in [6, 6.07) is 2.17. The minimum Gasteiger partial charge on any atom is -0.354 e. The Morgan fingerprint density at radius 2 is 2.36 bits per heavy atom. The number of hydrogen-bond donors (Lipinski definition) is 1.